The monoisotopic (exact) mass is 212 g/mol. The fraction of sp³-hybridized carbons (Fsp3) is 1.00. The van der Waals surface area contributed by atoms with Gasteiger partial charge in [0.1, 0.15) is 0 Å². The van der Waals surface area contributed by atoms with E-state index in [1.54, 1.807) is 0 Å². The van der Waals surface area contributed by atoms with Crippen molar-refractivity contribution in [3.8, 4) is 0 Å². The predicted molar refractivity (Wildman–Crippen MR) is 62.1 cm³/mol. The van der Waals surface area contributed by atoms with E-state index in [9.17, 15) is 0 Å². The Labute approximate surface area is 93.0 Å². The molecule has 3 nitrogen and oxygen atoms in total. The fourth-order valence-electron chi connectivity index (χ4n) is 2.57. The molecule has 0 saturated carbocycles. The van der Waals surface area contributed by atoms with Crippen molar-refractivity contribution in [3.63, 3.8) is 0 Å². The molecule has 2 heterocycles. The summed E-state index contributed by atoms with van der Waals surface area (Å²) in [5, 5.41) is 7.29. The van der Waals surface area contributed by atoms with Crippen LogP contribution in [0.15, 0.2) is 0 Å². The number of ether oxygens (including phenoxy) is 1. The summed E-state index contributed by atoms with van der Waals surface area (Å²) < 4.78 is 5.63. The van der Waals surface area contributed by atoms with Crippen LogP contribution < -0.4 is 10.6 Å². The molecule has 0 spiro atoms. The zero-order valence-corrected chi connectivity index (χ0v) is 10.2. The standard InChI is InChI=1S/C12H24N2O/c1-10-12(3,6-8-15-10)14-9-11(2)5-4-7-13-11/h10,13-14H,4-9H2,1-3H3. The van der Waals surface area contributed by atoms with Crippen molar-refractivity contribution < 1.29 is 4.74 Å². The normalized spacial score (nSPS) is 46.2. The van der Waals surface area contributed by atoms with Gasteiger partial charge in [0, 0.05) is 24.2 Å². The molecule has 0 amide bonds. The first-order valence-electron chi connectivity index (χ1n) is 6.16. The lowest BCUT2D eigenvalue weighted by atomic mass is 9.92. The summed E-state index contributed by atoms with van der Waals surface area (Å²) in [5.74, 6) is 0. The van der Waals surface area contributed by atoms with Crippen LogP contribution in [0.5, 0.6) is 0 Å². The molecule has 0 aliphatic carbocycles. The maximum absolute atomic E-state index is 5.63. The third-order valence-electron chi connectivity index (χ3n) is 4.23. The summed E-state index contributed by atoms with van der Waals surface area (Å²) in [6.45, 7) is 9.89. The van der Waals surface area contributed by atoms with Crippen LogP contribution in [0.3, 0.4) is 0 Å². The van der Waals surface area contributed by atoms with Gasteiger partial charge in [-0.3, -0.25) is 0 Å². The Morgan fingerprint density at radius 1 is 1.40 bits per heavy atom. The van der Waals surface area contributed by atoms with Crippen molar-refractivity contribution in [1.29, 1.82) is 0 Å². The molecule has 0 aromatic carbocycles. The van der Waals surface area contributed by atoms with Crippen molar-refractivity contribution in [3.05, 3.63) is 0 Å². The minimum Gasteiger partial charge on any atom is -0.377 e. The van der Waals surface area contributed by atoms with Crippen molar-refractivity contribution in [2.45, 2.75) is 57.2 Å². The quantitative estimate of drug-likeness (QED) is 0.739. The minimum atomic E-state index is 0.174. The van der Waals surface area contributed by atoms with E-state index >= 15 is 0 Å². The summed E-state index contributed by atoms with van der Waals surface area (Å²) >= 11 is 0. The van der Waals surface area contributed by atoms with Gasteiger partial charge < -0.3 is 15.4 Å². The lowest BCUT2D eigenvalue weighted by molar-refractivity contribution is 0.0861. The molecular formula is C12H24N2O. The second-order valence-electron chi connectivity index (χ2n) is 5.63. The molecule has 0 aromatic rings. The summed E-state index contributed by atoms with van der Waals surface area (Å²) in [7, 11) is 0. The molecule has 2 aliphatic heterocycles. The third kappa shape index (κ3) is 2.35. The average molecular weight is 212 g/mol. The van der Waals surface area contributed by atoms with Gasteiger partial charge >= 0.3 is 0 Å². The van der Waals surface area contributed by atoms with Gasteiger partial charge in [-0.25, -0.2) is 0 Å². The van der Waals surface area contributed by atoms with Gasteiger partial charge in [0.25, 0.3) is 0 Å². The number of hydrogen-bond donors (Lipinski definition) is 2. The van der Waals surface area contributed by atoms with Gasteiger partial charge in [0.2, 0.25) is 0 Å². The van der Waals surface area contributed by atoms with Crippen molar-refractivity contribution in [2.75, 3.05) is 19.7 Å². The van der Waals surface area contributed by atoms with E-state index in [1.807, 2.05) is 0 Å². The van der Waals surface area contributed by atoms with Crippen molar-refractivity contribution in [2.24, 2.45) is 0 Å². The SMILES string of the molecule is CC1OCCC1(C)NCC1(C)CCCN1. The molecule has 2 N–H and O–H groups in total. The first-order valence-corrected chi connectivity index (χ1v) is 6.16. The van der Waals surface area contributed by atoms with E-state index in [0.29, 0.717) is 11.6 Å². The molecule has 2 fully saturated rings. The lowest BCUT2D eigenvalue weighted by Crippen LogP contribution is -2.55. The van der Waals surface area contributed by atoms with E-state index in [1.165, 1.54) is 19.4 Å². The van der Waals surface area contributed by atoms with Crippen LogP contribution in [-0.2, 0) is 4.74 Å². The Morgan fingerprint density at radius 2 is 2.20 bits per heavy atom. The zero-order valence-electron chi connectivity index (χ0n) is 10.2. The van der Waals surface area contributed by atoms with Gasteiger partial charge in [0.15, 0.2) is 0 Å². The number of hydrogen-bond acceptors (Lipinski definition) is 3. The highest BCUT2D eigenvalue weighted by Gasteiger charge is 2.38. The first kappa shape index (κ1) is 11.4. The van der Waals surface area contributed by atoms with Crippen LogP contribution in [0.1, 0.15) is 40.0 Å². The summed E-state index contributed by atoms with van der Waals surface area (Å²) in [4.78, 5) is 0. The molecule has 15 heavy (non-hydrogen) atoms. The number of nitrogens with one attached hydrogen (secondary N) is 2. The second-order valence-corrected chi connectivity index (χ2v) is 5.63. The van der Waals surface area contributed by atoms with E-state index in [0.717, 1.165) is 19.6 Å². The molecule has 88 valence electrons. The zero-order chi connectivity index (χ0) is 10.9. The highest BCUT2D eigenvalue weighted by atomic mass is 16.5. The molecule has 3 atom stereocenters. The molecule has 0 aromatic heterocycles. The van der Waals surface area contributed by atoms with E-state index in [2.05, 4.69) is 31.4 Å². The summed E-state index contributed by atoms with van der Waals surface area (Å²) in [6.07, 6.45) is 4.05. The Kier molecular flexibility index (Phi) is 3.06. The van der Waals surface area contributed by atoms with Gasteiger partial charge in [-0.05, 0) is 46.6 Å². The average Bonchev–Trinajstić information content (AvgIpc) is 2.75. The Bertz CT molecular complexity index is 226. The fourth-order valence-corrected chi connectivity index (χ4v) is 2.57. The van der Waals surface area contributed by atoms with E-state index in [4.69, 9.17) is 4.74 Å². The summed E-state index contributed by atoms with van der Waals surface area (Å²) in [6, 6.07) is 0. The van der Waals surface area contributed by atoms with Crippen LogP contribution >= 0.6 is 0 Å². The predicted octanol–water partition coefficient (Wildman–Crippen LogP) is 1.29. The topological polar surface area (TPSA) is 33.3 Å². The van der Waals surface area contributed by atoms with Gasteiger partial charge in [-0.15, -0.1) is 0 Å². The highest BCUT2D eigenvalue weighted by molar-refractivity contribution is 4.98. The lowest BCUT2D eigenvalue weighted by Gasteiger charge is -2.34. The van der Waals surface area contributed by atoms with Crippen LogP contribution in [0.25, 0.3) is 0 Å². The molecule has 2 aliphatic rings. The summed E-state index contributed by atoms with van der Waals surface area (Å²) in [5.41, 5.74) is 0.471. The smallest absolute Gasteiger partial charge is 0.0726 e. The molecule has 0 radical (unpaired) electrons. The Morgan fingerprint density at radius 3 is 2.73 bits per heavy atom. The Balaban J connectivity index is 1.86. The van der Waals surface area contributed by atoms with Crippen molar-refractivity contribution in [1.82, 2.24) is 10.6 Å². The highest BCUT2D eigenvalue weighted by Crippen LogP contribution is 2.26. The van der Waals surface area contributed by atoms with E-state index < -0.39 is 0 Å². The van der Waals surface area contributed by atoms with Crippen LogP contribution in [-0.4, -0.2) is 36.9 Å². The molecule has 3 unspecified atom stereocenters. The third-order valence-corrected chi connectivity index (χ3v) is 4.23. The molecule has 3 heteroatoms. The van der Waals surface area contributed by atoms with Gasteiger partial charge in [0.05, 0.1) is 6.10 Å². The minimum absolute atomic E-state index is 0.174. The van der Waals surface area contributed by atoms with Gasteiger partial charge in [-0.1, -0.05) is 0 Å². The van der Waals surface area contributed by atoms with Crippen LogP contribution in [0.4, 0.5) is 0 Å². The molecule has 2 rings (SSSR count). The maximum atomic E-state index is 5.63. The number of rotatable bonds is 3. The van der Waals surface area contributed by atoms with Gasteiger partial charge in [-0.2, -0.15) is 0 Å². The molecule has 0 bridgehead atoms. The van der Waals surface area contributed by atoms with Crippen molar-refractivity contribution >= 4 is 0 Å². The maximum Gasteiger partial charge on any atom is 0.0726 e. The van der Waals surface area contributed by atoms with E-state index in [-0.39, 0.29) is 5.54 Å². The molecular weight excluding hydrogens is 188 g/mol. The molecule has 2 saturated heterocycles. The van der Waals surface area contributed by atoms with Crippen LogP contribution in [0, 0.1) is 0 Å². The first-order chi connectivity index (χ1) is 7.04. The second kappa shape index (κ2) is 4.04. The Hall–Kier alpha value is -0.120. The van der Waals surface area contributed by atoms with Crippen LogP contribution in [0.2, 0.25) is 0 Å². The largest absolute Gasteiger partial charge is 0.377 e.